The Kier molecular flexibility index (Phi) is 5.70. The maximum atomic E-state index is 12.8. The van der Waals surface area contributed by atoms with Crippen molar-refractivity contribution in [3.63, 3.8) is 0 Å². The average Bonchev–Trinajstić information content (AvgIpc) is 3.32. The predicted octanol–water partition coefficient (Wildman–Crippen LogP) is 2.21. The monoisotopic (exact) mass is 456 g/mol. The average molecular weight is 457 g/mol. The number of thiophene rings is 1. The molecule has 2 aliphatic rings. The molecule has 0 aromatic carbocycles. The van der Waals surface area contributed by atoms with Crippen molar-refractivity contribution in [1.82, 2.24) is 25.5 Å². The van der Waals surface area contributed by atoms with Gasteiger partial charge in [0.25, 0.3) is 0 Å². The Morgan fingerprint density at radius 1 is 1.39 bits per heavy atom. The smallest absolute Gasteiger partial charge is 0.234 e. The maximum Gasteiger partial charge on any atom is 0.234 e. The normalized spacial score (nSPS) is 19.3. The van der Waals surface area contributed by atoms with E-state index in [1.807, 2.05) is 17.9 Å². The third-order valence-corrected chi connectivity index (χ3v) is 7.75. The van der Waals surface area contributed by atoms with Crippen LogP contribution < -0.4 is 16.0 Å². The summed E-state index contributed by atoms with van der Waals surface area (Å²) >= 11 is 3.27. The number of nitrogens with one attached hydrogen (secondary N) is 3. The topological polar surface area (TPSA) is 99.2 Å². The number of carbonyl (C=O) groups is 2. The van der Waals surface area contributed by atoms with Crippen LogP contribution in [0.5, 0.6) is 0 Å². The van der Waals surface area contributed by atoms with E-state index in [0.29, 0.717) is 19.5 Å². The summed E-state index contributed by atoms with van der Waals surface area (Å²) in [6.07, 6.45) is 4.83. The summed E-state index contributed by atoms with van der Waals surface area (Å²) in [5, 5.41) is 11.3. The number of hydrogen-bond acceptors (Lipinski definition) is 8. The van der Waals surface area contributed by atoms with Gasteiger partial charge in [0.15, 0.2) is 0 Å². The molecule has 10 heteroatoms. The highest BCUT2D eigenvalue weighted by Crippen LogP contribution is 2.44. The number of aromatic nitrogens is 2. The van der Waals surface area contributed by atoms with Crippen molar-refractivity contribution in [3.05, 3.63) is 28.9 Å². The third kappa shape index (κ3) is 4.33. The first-order valence-electron chi connectivity index (χ1n) is 10.4. The summed E-state index contributed by atoms with van der Waals surface area (Å²) in [5.41, 5.74) is 3.22. The molecule has 3 aromatic heterocycles. The molecule has 0 saturated carbocycles. The van der Waals surface area contributed by atoms with Crippen LogP contribution in [0.2, 0.25) is 0 Å². The lowest BCUT2D eigenvalue weighted by Gasteiger charge is -2.30. The number of amides is 2. The molecule has 1 unspecified atom stereocenters. The van der Waals surface area contributed by atoms with Gasteiger partial charge in [-0.1, -0.05) is 0 Å². The molecule has 162 valence electrons. The SMILES string of the molecule is CC1CN(CCC(=O)Nc2sc3c(c2-c2nc4cnccc4s2)CCNC3)CC(=O)N1. The van der Waals surface area contributed by atoms with Gasteiger partial charge < -0.3 is 16.0 Å². The van der Waals surface area contributed by atoms with E-state index in [-0.39, 0.29) is 17.9 Å². The molecule has 3 N–H and O–H groups in total. The number of anilines is 1. The van der Waals surface area contributed by atoms with Crippen LogP contribution in [-0.4, -0.2) is 58.9 Å². The highest BCUT2D eigenvalue weighted by molar-refractivity contribution is 7.22. The van der Waals surface area contributed by atoms with E-state index in [1.54, 1.807) is 35.1 Å². The van der Waals surface area contributed by atoms with Crippen LogP contribution in [0.15, 0.2) is 18.5 Å². The minimum absolute atomic E-state index is 0.0187. The second-order valence-electron chi connectivity index (χ2n) is 8.00. The lowest BCUT2D eigenvalue weighted by atomic mass is 10.0. The van der Waals surface area contributed by atoms with E-state index in [4.69, 9.17) is 4.98 Å². The maximum absolute atomic E-state index is 12.8. The summed E-state index contributed by atoms with van der Waals surface area (Å²) in [6.45, 7) is 5.40. The second kappa shape index (κ2) is 8.62. The zero-order valence-electron chi connectivity index (χ0n) is 17.2. The van der Waals surface area contributed by atoms with Gasteiger partial charge in [0.2, 0.25) is 11.8 Å². The number of hydrogen-bond donors (Lipinski definition) is 3. The van der Waals surface area contributed by atoms with Crippen molar-refractivity contribution in [2.75, 3.05) is 31.5 Å². The molecule has 5 rings (SSSR count). The molecule has 0 aliphatic carbocycles. The number of nitrogens with zero attached hydrogens (tertiary/aromatic N) is 3. The molecule has 8 nitrogen and oxygen atoms in total. The number of thiazole rings is 1. The molecule has 1 fully saturated rings. The fourth-order valence-corrected chi connectivity index (χ4v) is 6.49. The Labute approximate surface area is 188 Å². The number of piperazine rings is 1. The zero-order valence-corrected chi connectivity index (χ0v) is 18.9. The van der Waals surface area contributed by atoms with E-state index in [0.717, 1.165) is 51.8 Å². The van der Waals surface area contributed by atoms with Gasteiger partial charge in [-0.15, -0.1) is 22.7 Å². The first-order chi connectivity index (χ1) is 15.1. The van der Waals surface area contributed by atoms with Gasteiger partial charge in [0, 0.05) is 48.7 Å². The molecule has 1 atom stereocenters. The summed E-state index contributed by atoms with van der Waals surface area (Å²) in [6, 6.07) is 2.09. The molecule has 2 amide bonds. The van der Waals surface area contributed by atoms with Crippen LogP contribution in [0, 0.1) is 0 Å². The molecular formula is C21H24N6O2S2. The van der Waals surface area contributed by atoms with Gasteiger partial charge in [-0.05, 0) is 31.5 Å². The lowest BCUT2D eigenvalue weighted by Crippen LogP contribution is -2.53. The van der Waals surface area contributed by atoms with E-state index in [9.17, 15) is 9.59 Å². The van der Waals surface area contributed by atoms with Crippen molar-refractivity contribution in [2.24, 2.45) is 0 Å². The van der Waals surface area contributed by atoms with Crippen molar-refractivity contribution in [3.8, 4) is 10.6 Å². The number of carbonyl (C=O) groups excluding carboxylic acids is 2. The number of rotatable bonds is 5. The van der Waals surface area contributed by atoms with Gasteiger partial charge in [-0.2, -0.15) is 0 Å². The van der Waals surface area contributed by atoms with Gasteiger partial charge >= 0.3 is 0 Å². The Morgan fingerprint density at radius 3 is 3.13 bits per heavy atom. The zero-order chi connectivity index (χ0) is 21.4. The first kappa shape index (κ1) is 20.5. The van der Waals surface area contributed by atoms with Crippen molar-refractivity contribution < 1.29 is 9.59 Å². The van der Waals surface area contributed by atoms with Crippen molar-refractivity contribution >= 4 is 49.7 Å². The Morgan fingerprint density at radius 2 is 2.29 bits per heavy atom. The number of pyridine rings is 1. The van der Waals surface area contributed by atoms with Crippen molar-refractivity contribution in [2.45, 2.75) is 32.4 Å². The fourth-order valence-electron chi connectivity index (χ4n) is 4.18. The van der Waals surface area contributed by atoms with Crippen LogP contribution in [-0.2, 0) is 22.6 Å². The molecule has 0 radical (unpaired) electrons. The van der Waals surface area contributed by atoms with Crippen LogP contribution in [0.1, 0.15) is 23.8 Å². The second-order valence-corrected chi connectivity index (χ2v) is 10.1. The van der Waals surface area contributed by atoms with E-state index >= 15 is 0 Å². The molecule has 5 heterocycles. The predicted molar refractivity (Wildman–Crippen MR) is 123 cm³/mol. The minimum atomic E-state index is -0.0331. The van der Waals surface area contributed by atoms with Crippen LogP contribution in [0.4, 0.5) is 5.00 Å². The summed E-state index contributed by atoms with van der Waals surface area (Å²) in [7, 11) is 0. The van der Waals surface area contributed by atoms with Gasteiger partial charge in [-0.25, -0.2) is 4.98 Å². The molecule has 0 bridgehead atoms. The molecule has 3 aromatic rings. The van der Waals surface area contributed by atoms with Gasteiger partial charge in [0.05, 0.1) is 17.4 Å². The highest BCUT2D eigenvalue weighted by Gasteiger charge is 2.26. The summed E-state index contributed by atoms with van der Waals surface area (Å²) in [4.78, 5) is 36.8. The minimum Gasteiger partial charge on any atom is -0.351 e. The Balaban J connectivity index is 1.37. The summed E-state index contributed by atoms with van der Waals surface area (Å²) < 4.78 is 1.09. The molecule has 0 spiro atoms. The van der Waals surface area contributed by atoms with E-state index in [2.05, 4.69) is 20.9 Å². The largest absolute Gasteiger partial charge is 0.351 e. The molecule has 2 aliphatic heterocycles. The lowest BCUT2D eigenvalue weighted by molar-refractivity contribution is -0.126. The van der Waals surface area contributed by atoms with Gasteiger partial charge in [0.1, 0.15) is 15.5 Å². The highest BCUT2D eigenvalue weighted by atomic mass is 32.1. The van der Waals surface area contributed by atoms with Crippen LogP contribution in [0.3, 0.4) is 0 Å². The Bertz CT molecular complexity index is 1110. The fraction of sp³-hybridized carbons (Fsp3) is 0.429. The van der Waals surface area contributed by atoms with Crippen LogP contribution in [0.25, 0.3) is 20.8 Å². The quantitative estimate of drug-likeness (QED) is 0.545. The van der Waals surface area contributed by atoms with E-state index in [1.165, 1.54) is 10.4 Å². The van der Waals surface area contributed by atoms with E-state index < -0.39 is 0 Å². The first-order valence-corrected chi connectivity index (χ1v) is 12.1. The Hall–Kier alpha value is -2.40. The summed E-state index contributed by atoms with van der Waals surface area (Å²) in [5.74, 6) is -0.0144. The van der Waals surface area contributed by atoms with Gasteiger partial charge in [-0.3, -0.25) is 19.5 Å². The molecule has 1 saturated heterocycles. The van der Waals surface area contributed by atoms with Crippen molar-refractivity contribution in [1.29, 1.82) is 0 Å². The standard InChI is InChI=1S/C21H24N6O2S2/c1-12-10-27(11-18(29)24-12)7-4-17(28)26-21-19(13-2-5-23-9-16(13)31-21)20-25-14-8-22-6-3-15(14)30-20/h3,6,8,12,23H,2,4-5,7,9-11H2,1H3,(H,24,29)(H,26,28). The number of fused-ring (bicyclic) bond motifs is 2. The molecule has 31 heavy (non-hydrogen) atoms. The van der Waals surface area contributed by atoms with Crippen LogP contribution >= 0.6 is 22.7 Å². The third-order valence-electron chi connectivity index (χ3n) is 5.55. The molecular weight excluding hydrogens is 432 g/mol.